The lowest BCUT2D eigenvalue weighted by molar-refractivity contribution is -0.123. The summed E-state index contributed by atoms with van der Waals surface area (Å²) in [4.78, 5) is 24.6. The Morgan fingerprint density at radius 1 is 1.15 bits per heavy atom. The first-order valence-corrected chi connectivity index (χ1v) is 8.81. The van der Waals surface area contributed by atoms with Crippen LogP contribution in [0.3, 0.4) is 0 Å². The van der Waals surface area contributed by atoms with Crippen molar-refractivity contribution in [2.75, 3.05) is 10.6 Å². The largest absolute Gasteiger partial charge is 0.326 e. The fourth-order valence-electron chi connectivity index (χ4n) is 2.40. The lowest BCUT2D eigenvalue weighted by atomic mass is 9.95. The molecule has 0 spiro atoms. The molecular weight excluding hydrogens is 352 g/mol. The second kappa shape index (κ2) is 7.50. The zero-order chi connectivity index (χ0) is 19.6. The van der Waals surface area contributed by atoms with Crippen LogP contribution in [-0.4, -0.2) is 21.6 Å². The van der Waals surface area contributed by atoms with Crippen LogP contribution < -0.4 is 10.6 Å². The van der Waals surface area contributed by atoms with Gasteiger partial charge in [-0.2, -0.15) is 5.10 Å². The van der Waals surface area contributed by atoms with Gasteiger partial charge in [0, 0.05) is 16.8 Å². The van der Waals surface area contributed by atoms with E-state index >= 15 is 0 Å². The summed E-state index contributed by atoms with van der Waals surface area (Å²) in [6.07, 6.45) is 0. The highest BCUT2D eigenvalue weighted by molar-refractivity contribution is 6.34. The van der Waals surface area contributed by atoms with Gasteiger partial charge in [0.05, 0.1) is 16.4 Å². The molecule has 1 aromatic carbocycles. The van der Waals surface area contributed by atoms with Crippen LogP contribution in [0.4, 0.5) is 11.4 Å². The molecular formula is C19H25ClN4O2. The highest BCUT2D eigenvalue weighted by Gasteiger charge is 2.22. The molecule has 1 unspecified atom stereocenters. The number of aryl methyl sites for hydroxylation is 2. The molecule has 1 atom stereocenters. The molecule has 0 fully saturated rings. The summed E-state index contributed by atoms with van der Waals surface area (Å²) in [5.41, 5.74) is 2.34. The van der Waals surface area contributed by atoms with Gasteiger partial charge in [0.1, 0.15) is 6.04 Å². The second-order valence-corrected chi connectivity index (χ2v) is 7.84. The predicted octanol–water partition coefficient (Wildman–Crippen LogP) is 4.34. The number of amides is 2. The SMILES string of the molecule is Cc1cc(C)n(C(C)C(=O)Nc2ccc(NC(=O)C(C)(C)C)cc2Cl)n1. The van der Waals surface area contributed by atoms with Crippen molar-refractivity contribution in [3.8, 4) is 0 Å². The molecule has 0 saturated heterocycles. The summed E-state index contributed by atoms with van der Waals surface area (Å²) in [5, 5.41) is 10.3. The Labute approximate surface area is 158 Å². The van der Waals surface area contributed by atoms with Crippen molar-refractivity contribution in [3.05, 3.63) is 40.7 Å². The molecule has 0 aliphatic rings. The second-order valence-electron chi connectivity index (χ2n) is 7.44. The fourth-order valence-corrected chi connectivity index (χ4v) is 2.63. The van der Waals surface area contributed by atoms with Gasteiger partial charge in [-0.15, -0.1) is 0 Å². The molecule has 1 aromatic heterocycles. The summed E-state index contributed by atoms with van der Waals surface area (Å²) >= 11 is 6.27. The van der Waals surface area contributed by atoms with Gasteiger partial charge in [-0.25, -0.2) is 0 Å². The standard InChI is InChI=1S/C19H25ClN4O2/c1-11-9-12(2)24(23-11)13(3)17(25)22-16-8-7-14(10-15(16)20)21-18(26)19(4,5)6/h7-10,13H,1-6H3,(H,21,26)(H,22,25). The maximum Gasteiger partial charge on any atom is 0.248 e. The topological polar surface area (TPSA) is 76.0 Å². The highest BCUT2D eigenvalue weighted by atomic mass is 35.5. The summed E-state index contributed by atoms with van der Waals surface area (Å²) in [7, 11) is 0. The summed E-state index contributed by atoms with van der Waals surface area (Å²) in [6, 6.07) is 6.45. The van der Waals surface area contributed by atoms with Crippen molar-refractivity contribution in [2.45, 2.75) is 47.6 Å². The molecule has 2 aromatic rings. The number of rotatable bonds is 4. The van der Waals surface area contributed by atoms with Crippen LogP contribution in [0.25, 0.3) is 0 Å². The minimum Gasteiger partial charge on any atom is -0.326 e. The van der Waals surface area contributed by atoms with E-state index in [0.29, 0.717) is 16.4 Å². The molecule has 0 aliphatic heterocycles. The smallest absolute Gasteiger partial charge is 0.248 e. The van der Waals surface area contributed by atoms with E-state index in [1.54, 1.807) is 29.8 Å². The maximum absolute atomic E-state index is 12.5. The van der Waals surface area contributed by atoms with Gasteiger partial charge in [-0.1, -0.05) is 32.4 Å². The minimum absolute atomic E-state index is 0.108. The van der Waals surface area contributed by atoms with E-state index in [4.69, 9.17) is 11.6 Å². The van der Waals surface area contributed by atoms with Crippen LogP contribution in [-0.2, 0) is 9.59 Å². The third kappa shape index (κ3) is 4.64. The van der Waals surface area contributed by atoms with Gasteiger partial charge in [0.15, 0.2) is 0 Å². The average molecular weight is 377 g/mol. The number of hydrogen-bond acceptors (Lipinski definition) is 3. The zero-order valence-electron chi connectivity index (χ0n) is 16.0. The van der Waals surface area contributed by atoms with E-state index in [9.17, 15) is 9.59 Å². The van der Waals surface area contributed by atoms with E-state index < -0.39 is 11.5 Å². The van der Waals surface area contributed by atoms with Crippen LogP contribution in [0, 0.1) is 19.3 Å². The van der Waals surface area contributed by atoms with Gasteiger partial charge in [0.25, 0.3) is 0 Å². The van der Waals surface area contributed by atoms with Crippen LogP contribution in [0.5, 0.6) is 0 Å². The van der Waals surface area contributed by atoms with Gasteiger partial charge >= 0.3 is 0 Å². The summed E-state index contributed by atoms with van der Waals surface area (Å²) < 4.78 is 1.68. The Balaban J connectivity index is 2.11. The van der Waals surface area contributed by atoms with Gasteiger partial charge in [-0.3, -0.25) is 14.3 Å². The molecule has 140 valence electrons. The van der Waals surface area contributed by atoms with Crippen LogP contribution in [0.1, 0.15) is 45.1 Å². The molecule has 0 aliphatic carbocycles. The van der Waals surface area contributed by atoms with E-state index in [-0.39, 0.29) is 11.8 Å². The Bertz CT molecular complexity index is 837. The third-order valence-corrected chi connectivity index (χ3v) is 4.27. The quantitative estimate of drug-likeness (QED) is 0.833. The van der Waals surface area contributed by atoms with Crippen molar-refractivity contribution in [2.24, 2.45) is 5.41 Å². The van der Waals surface area contributed by atoms with Crippen molar-refractivity contribution >= 4 is 34.8 Å². The lowest BCUT2D eigenvalue weighted by Crippen LogP contribution is -2.27. The van der Waals surface area contributed by atoms with Crippen LogP contribution in [0.15, 0.2) is 24.3 Å². The number of benzene rings is 1. The number of carbonyl (C=O) groups excluding carboxylic acids is 2. The minimum atomic E-state index is -0.505. The molecule has 0 bridgehead atoms. The van der Waals surface area contributed by atoms with Crippen molar-refractivity contribution < 1.29 is 9.59 Å². The molecule has 26 heavy (non-hydrogen) atoms. The average Bonchev–Trinajstić information content (AvgIpc) is 2.86. The molecule has 0 saturated carbocycles. The molecule has 2 rings (SSSR count). The number of hydrogen-bond donors (Lipinski definition) is 2. The van der Waals surface area contributed by atoms with E-state index in [2.05, 4.69) is 15.7 Å². The molecule has 6 nitrogen and oxygen atoms in total. The number of anilines is 2. The Hall–Kier alpha value is -2.34. The molecule has 1 heterocycles. The predicted molar refractivity (Wildman–Crippen MR) is 105 cm³/mol. The first kappa shape index (κ1) is 20.0. The fraction of sp³-hybridized carbons (Fsp3) is 0.421. The van der Waals surface area contributed by atoms with E-state index in [1.165, 1.54) is 0 Å². The van der Waals surface area contributed by atoms with Crippen molar-refractivity contribution in [1.82, 2.24) is 9.78 Å². The monoisotopic (exact) mass is 376 g/mol. The number of nitrogens with one attached hydrogen (secondary N) is 2. The first-order chi connectivity index (χ1) is 12.0. The normalized spacial score (nSPS) is 12.6. The molecule has 7 heteroatoms. The number of halogens is 1. The maximum atomic E-state index is 12.5. The van der Waals surface area contributed by atoms with Gasteiger partial charge in [-0.05, 0) is 45.0 Å². The molecule has 2 amide bonds. The lowest BCUT2D eigenvalue weighted by Gasteiger charge is -2.18. The van der Waals surface area contributed by atoms with E-state index in [0.717, 1.165) is 11.4 Å². The number of nitrogens with zero attached hydrogens (tertiary/aromatic N) is 2. The van der Waals surface area contributed by atoms with Gasteiger partial charge < -0.3 is 10.6 Å². The number of carbonyl (C=O) groups is 2. The Morgan fingerprint density at radius 2 is 1.81 bits per heavy atom. The zero-order valence-corrected chi connectivity index (χ0v) is 16.7. The van der Waals surface area contributed by atoms with Gasteiger partial charge in [0.2, 0.25) is 11.8 Å². The first-order valence-electron chi connectivity index (χ1n) is 8.43. The third-order valence-electron chi connectivity index (χ3n) is 3.96. The molecule has 0 radical (unpaired) electrons. The van der Waals surface area contributed by atoms with E-state index in [1.807, 2.05) is 40.7 Å². The Kier molecular flexibility index (Phi) is 5.76. The number of aromatic nitrogens is 2. The van der Waals surface area contributed by atoms with Crippen molar-refractivity contribution in [3.63, 3.8) is 0 Å². The van der Waals surface area contributed by atoms with Crippen LogP contribution >= 0.6 is 11.6 Å². The summed E-state index contributed by atoms with van der Waals surface area (Å²) in [5.74, 6) is -0.326. The Morgan fingerprint density at radius 3 is 2.31 bits per heavy atom. The van der Waals surface area contributed by atoms with Crippen LogP contribution in [0.2, 0.25) is 5.02 Å². The highest BCUT2D eigenvalue weighted by Crippen LogP contribution is 2.27. The van der Waals surface area contributed by atoms with Crippen molar-refractivity contribution in [1.29, 1.82) is 0 Å². The summed E-state index contributed by atoms with van der Waals surface area (Å²) in [6.45, 7) is 11.1. The molecule has 2 N–H and O–H groups in total.